The molecule has 1 unspecified atom stereocenters. The number of carbonyl (C=O) groups excluding carboxylic acids is 2. The SMILES string of the molecule is O=C(CSCc1ccccc1)NCC1CC(=O)N(c2ccc3c(c2)OCO3)C1. The Kier molecular flexibility index (Phi) is 5.71. The molecule has 0 spiro atoms. The van der Waals surface area contributed by atoms with E-state index in [1.165, 1.54) is 5.56 Å². The molecule has 1 N–H and O–H groups in total. The molecule has 2 aliphatic heterocycles. The van der Waals surface area contributed by atoms with E-state index >= 15 is 0 Å². The summed E-state index contributed by atoms with van der Waals surface area (Å²) in [7, 11) is 0. The number of hydrogen-bond acceptors (Lipinski definition) is 5. The van der Waals surface area contributed by atoms with Gasteiger partial charge in [-0.05, 0) is 17.7 Å². The van der Waals surface area contributed by atoms with Crippen molar-refractivity contribution in [1.29, 1.82) is 0 Å². The van der Waals surface area contributed by atoms with Crippen LogP contribution in [0.4, 0.5) is 5.69 Å². The van der Waals surface area contributed by atoms with Gasteiger partial charge < -0.3 is 19.7 Å². The average molecular weight is 398 g/mol. The van der Waals surface area contributed by atoms with Gasteiger partial charge in [0.1, 0.15) is 0 Å². The van der Waals surface area contributed by atoms with Crippen molar-refractivity contribution in [3.63, 3.8) is 0 Å². The van der Waals surface area contributed by atoms with E-state index < -0.39 is 0 Å². The van der Waals surface area contributed by atoms with Crippen LogP contribution < -0.4 is 19.7 Å². The first kappa shape index (κ1) is 18.7. The van der Waals surface area contributed by atoms with Gasteiger partial charge in [-0.2, -0.15) is 0 Å². The number of fused-ring (bicyclic) bond motifs is 1. The fourth-order valence-corrected chi connectivity index (χ4v) is 4.18. The molecule has 1 fully saturated rings. The van der Waals surface area contributed by atoms with Gasteiger partial charge in [-0.3, -0.25) is 9.59 Å². The van der Waals surface area contributed by atoms with Crippen LogP contribution in [0.25, 0.3) is 0 Å². The largest absolute Gasteiger partial charge is 0.454 e. The van der Waals surface area contributed by atoms with Gasteiger partial charge in [-0.15, -0.1) is 11.8 Å². The Balaban J connectivity index is 1.23. The first-order chi connectivity index (χ1) is 13.7. The molecular formula is C21H22N2O4S. The monoisotopic (exact) mass is 398 g/mol. The van der Waals surface area contributed by atoms with Crippen LogP contribution >= 0.6 is 11.8 Å². The second-order valence-corrected chi connectivity index (χ2v) is 7.88. The number of rotatable bonds is 7. The number of amides is 2. The minimum Gasteiger partial charge on any atom is -0.454 e. The topological polar surface area (TPSA) is 67.9 Å². The fourth-order valence-electron chi connectivity index (χ4n) is 3.37. The molecule has 4 rings (SSSR count). The Morgan fingerprint density at radius 1 is 1.14 bits per heavy atom. The molecule has 7 heteroatoms. The number of nitrogens with one attached hydrogen (secondary N) is 1. The minimum absolute atomic E-state index is 0.00918. The lowest BCUT2D eigenvalue weighted by Gasteiger charge is -2.17. The number of ether oxygens (including phenoxy) is 2. The predicted octanol–water partition coefficient (Wildman–Crippen LogP) is 2.82. The first-order valence-corrected chi connectivity index (χ1v) is 10.4. The molecule has 2 aromatic carbocycles. The van der Waals surface area contributed by atoms with Gasteiger partial charge in [0.2, 0.25) is 18.6 Å². The summed E-state index contributed by atoms with van der Waals surface area (Å²) in [5.74, 6) is 2.78. The van der Waals surface area contributed by atoms with E-state index in [-0.39, 0.29) is 24.5 Å². The number of nitrogens with zero attached hydrogens (tertiary/aromatic N) is 1. The quantitative estimate of drug-likeness (QED) is 0.777. The van der Waals surface area contributed by atoms with E-state index in [0.29, 0.717) is 36.8 Å². The van der Waals surface area contributed by atoms with Crippen molar-refractivity contribution in [1.82, 2.24) is 5.32 Å². The van der Waals surface area contributed by atoms with Crippen LogP contribution in [0, 0.1) is 5.92 Å². The molecule has 0 aliphatic carbocycles. The Bertz CT molecular complexity index is 859. The van der Waals surface area contributed by atoms with Gasteiger partial charge in [0.05, 0.1) is 5.75 Å². The van der Waals surface area contributed by atoms with Gasteiger partial charge in [-0.25, -0.2) is 0 Å². The molecule has 146 valence electrons. The van der Waals surface area contributed by atoms with Gasteiger partial charge >= 0.3 is 0 Å². The zero-order valence-electron chi connectivity index (χ0n) is 15.4. The van der Waals surface area contributed by atoms with Crippen molar-refractivity contribution in [3.8, 4) is 11.5 Å². The van der Waals surface area contributed by atoms with Gasteiger partial charge in [0, 0.05) is 42.9 Å². The molecule has 1 atom stereocenters. The van der Waals surface area contributed by atoms with E-state index in [4.69, 9.17) is 9.47 Å². The highest BCUT2D eigenvalue weighted by atomic mass is 32.2. The summed E-state index contributed by atoms with van der Waals surface area (Å²) >= 11 is 1.59. The smallest absolute Gasteiger partial charge is 0.231 e. The predicted molar refractivity (Wildman–Crippen MR) is 109 cm³/mol. The van der Waals surface area contributed by atoms with Crippen molar-refractivity contribution in [3.05, 3.63) is 54.1 Å². The van der Waals surface area contributed by atoms with Gasteiger partial charge in [-0.1, -0.05) is 30.3 Å². The highest BCUT2D eigenvalue weighted by Gasteiger charge is 2.31. The van der Waals surface area contributed by atoms with Crippen LogP contribution in [0.1, 0.15) is 12.0 Å². The van der Waals surface area contributed by atoms with Crippen LogP contribution in [0.2, 0.25) is 0 Å². The average Bonchev–Trinajstić information content (AvgIpc) is 3.32. The molecule has 2 aromatic rings. The summed E-state index contributed by atoms with van der Waals surface area (Å²) < 4.78 is 10.7. The van der Waals surface area contributed by atoms with Crippen molar-refractivity contribution >= 4 is 29.3 Å². The molecule has 2 amide bonds. The Hall–Kier alpha value is -2.67. The highest BCUT2D eigenvalue weighted by Crippen LogP contribution is 2.37. The van der Waals surface area contributed by atoms with Crippen molar-refractivity contribution in [2.45, 2.75) is 12.2 Å². The highest BCUT2D eigenvalue weighted by molar-refractivity contribution is 7.99. The van der Waals surface area contributed by atoms with E-state index in [1.807, 2.05) is 36.4 Å². The molecule has 0 saturated carbocycles. The van der Waals surface area contributed by atoms with Crippen LogP contribution in [0.5, 0.6) is 11.5 Å². The number of thioether (sulfide) groups is 1. The summed E-state index contributed by atoms with van der Waals surface area (Å²) in [4.78, 5) is 26.2. The summed E-state index contributed by atoms with van der Waals surface area (Å²) in [6.07, 6.45) is 0.436. The zero-order chi connectivity index (χ0) is 19.3. The normalized spacial score (nSPS) is 17.8. The van der Waals surface area contributed by atoms with Crippen LogP contribution in [0.15, 0.2) is 48.5 Å². The summed E-state index contributed by atoms with van der Waals surface area (Å²) in [6.45, 7) is 1.32. The zero-order valence-corrected chi connectivity index (χ0v) is 16.2. The Labute approximate surface area is 168 Å². The first-order valence-electron chi connectivity index (χ1n) is 9.27. The molecule has 0 aromatic heterocycles. The van der Waals surface area contributed by atoms with Gasteiger partial charge in [0.15, 0.2) is 11.5 Å². The van der Waals surface area contributed by atoms with E-state index in [2.05, 4.69) is 17.4 Å². The molecule has 0 radical (unpaired) electrons. The van der Waals surface area contributed by atoms with Crippen molar-refractivity contribution < 1.29 is 19.1 Å². The number of benzene rings is 2. The lowest BCUT2D eigenvalue weighted by molar-refractivity contribution is -0.119. The summed E-state index contributed by atoms with van der Waals surface area (Å²) in [5.41, 5.74) is 2.02. The number of anilines is 1. The maximum Gasteiger partial charge on any atom is 0.231 e. The van der Waals surface area contributed by atoms with E-state index in [9.17, 15) is 9.59 Å². The lowest BCUT2D eigenvalue weighted by atomic mass is 10.1. The van der Waals surface area contributed by atoms with E-state index in [0.717, 1.165) is 11.4 Å². The van der Waals surface area contributed by atoms with Gasteiger partial charge in [0.25, 0.3) is 0 Å². The second kappa shape index (κ2) is 8.56. The molecule has 6 nitrogen and oxygen atoms in total. The molecule has 28 heavy (non-hydrogen) atoms. The molecular weight excluding hydrogens is 376 g/mol. The summed E-state index contributed by atoms with van der Waals surface area (Å²) in [6, 6.07) is 15.6. The van der Waals surface area contributed by atoms with Crippen LogP contribution in [-0.4, -0.2) is 37.4 Å². The third-order valence-corrected chi connectivity index (χ3v) is 5.81. The summed E-state index contributed by atoms with van der Waals surface area (Å²) in [5, 5.41) is 2.96. The second-order valence-electron chi connectivity index (χ2n) is 6.89. The minimum atomic E-state index is 0.00918. The fraction of sp³-hybridized carbons (Fsp3) is 0.333. The molecule has 0 bridgehead atoms. The standard InChI is InChI=1S/C21H22N2O4S/c24-20(13-28-12-15-4-2-1-3-5-15)22-10-16-8-21(25)23(11-16)17-6-7-18-19(9-17)27-14-26-18/h1-7,9,16H,8,10-14H2,(H,22,24). The molecule has 2 heterocycles. The Morgan fingerprint density at radius 3 is 2.82 bits per heavy atom. The molecule has 1 saturated heterocycles. The third kappa shape index (κ3) is 4.42. The number of carbonyl (C=O) groups is 2. The molecule has 2 aliphatic rings. The van der Waals surface area contributed by atoms with Crippen LogP contribution in [-0.2, 0) is 15.3 Å². The Morgan fingerprint density at radius 2 is 1.96 bits per heavy atom. The van der Waals surface area contributed by atoms with Crippen molar-refractivity contribution in [2.75, 3.05) is 30.5 Å². The van der Waals surface area contributed by atoms with Crippen LogP contribution in [0.3, 0.4) is 0 Å². The lowest BCUT2D eigenvalue weighted by Crippen LogP contribution is -2.32. The maximum atomic E-state index is 12.4. The maximum absolute atomic E-state index is 12.4. The third-order valence-electron chi connectivity index (χ3n) is 4.81. The van der Waals surface area contributed by atoms with E-state index in [1.54, 1.807) is 16.7 Å². The number of hydrogen-bond donors (Lipinski definition) is 1. The van der Waals surface area contributed by atoms with Crippen molar-refractivity contribution in [2.24, 2.45) is 5.92 Å².